The van der Waals surface area contributed by atoms with Crippen molar-refractivity contribution in [2.45, 2.75) is 80.3 Å². The normalized spacial score (nSPS) is 16.6. The predicted octanol–water partition coefficient (Wildman–Crippen LogP) is 9.25. The van der Waals surface area contributed by atoms with E-state index in [0.29, 0.717) is 102 Å². The third kappa shape index (κ3) is 17.9. The Morgan fingerprint density at radius 1 is 0.558 bits per heavy atom. The number of amides is 2. The molecule has 0 unspecified atom stereocenters. The summed E-state index contributed by atoms with van der Waals surface area (Å²) in [4.78, 5) is 27.0. The molecule has 0 aromatic heterocycles. The zero-order chi connectivity index (χ0) is 38.2. The maximum absolute atomic E-state index is 12.3. The van der Waals surface area contributed by atoms with E-state index in [4.69, 9.17) is 36.0 Å². The highest BCUT2D eigenvalue weighted by atomic mass is 32.2. The number of thioether (sulfide) groups is 6. The maximum atomic E-state index is 12.3. The molecule has 0 saturated carbocycles. The second kappa shape index (κ2) is 27.6. The van der Waals surface area contributed by atoms with Crippen LogP contribution in [-0.2, 0) is 36.0 Å². The molecular weight excluding hydrogens is 821 g/mol. The molecule has 12 nitrogen and oxygen atoms in total. The van der Waals surface area contributed by atoms with Gasteiger partial charge in [0.15, 0.2) is 0 Å². The molecule has 2 N–H and O–H groups in total. The third-order valence-corrected chi connectivity index (χ3v) is 21.7. The van der Waals surface area contributed by atoms with Crippen molar-refractivity contribution in [1.29, 1.82) is 0 Å². The molecule has 0 radical (unpaired) electrons. The number of ether oxygens (including phenoxy) is 2. The third-order valence-electron chi connectivity index (χ3n) is 6.75. The van der Waals surface area contributed by atoms with E-state index >= 15 is 0 Å². The summed E-state index contributed by atoms with van der Waals surface area (Å²) < 4.78 is 51.1. The first-order valence-corrected chi connectivity index (χ1v) is 27.0. The molecule has 2 amide bonds. The Bertz CT molecular complexity index is 1080. The fourth-order valence-electron chi connectivity index (χ4n) is 4.78. The van der Waals surface area contributed by atoms with Crippen LogP contribution in [0.4, 0.5) is 9.59 Å². The fraction of sp³-hybridized carbons (Fsp3) is 0.750. The van der Waals surface area contributed by atoms with Crippen LogP contribution < -0.4 is 10.6 Å². The molecule has 2 rings (SSSR count). The van der Waals surface area contributed by atoms with Crippen LogP contribution >= 0.6 is 70.6 Å². The van der Waals surface area contributed by atoms with Crippen molar-refractivity contribution < 1.29 is 45.6 Å². The Hall–Kier alpha value is 0.0538. The summed E-state index contributed by atoms with van der Waals surface area (Å²) in [6.07, 6.45) is 0.535. The molecule has 0 aromatic carbocycles. The van der Waals surface area contributed by atoms with Gasteiger partial charge in [0.1, 0.15) is 13.2 Å². The first-order valence-electron chi connectivity index (χ1n) is 17.9. The molecule has 20 heteroatoms. The predicted molar refractivity (Wildman–Crippen MR) is 227 cm³/mol. The number of hydrogen-bond acceptors (Lipinski definition) is 16. The van der Waals surface area contributed by atoms with Crippen LogP contribution in [0, 0.1) is 0 Å². The standard InChI is InChI=1S/C32H58N2O10S6Si2/c1-9-39-51(40-10-2,41-11-3)23-15-17-33-31(35)37-19-21-45-27-25(7)47-29(49-27)30-48-26(8)28(50-30)46-22-20-38-32(36)34-18-16-24-52(42-12-4,43-13-5)44-14-6/h9-24H2,1-8H3,(H,33,35)(H,34,36)/b30-29+. The van der Waals surface area contributed by atoms with Gasteiger partial charge >= 0.3 is 29.8 Å². The van der Waals surface area contributed by atoms with Gasteiger partial charge in [-0.2, -0.15) is 0 Å². The van der Waals surface area contributed by atoms with Gasteiger partial charge in [-0.1, -0.05) is 47.0 Å². The minimum atomic E-state index is -2.71. The first kappa shape index (κ1) is 48.2. The molecule has 0 bridgehead atoms. The van der Waals surface area contributed by atoms with E-state index in [-0.39, 0.29) is 0 Å². The molecule has 300 valence electrons. The van der Waals surface area contributed by atoms with Gasteiger partial charge < -0.3 is 46.7 Å². The molecule has 0 atom stereocenters. The van der Waals surface area contributed by atoms with Crippen LogP contribution in [0.3, 0.4) is 0 Å². The Balaban J connectivity index is 1.64. The summed E-state index contributed by atoms with van der Waals surface area (Å²) in [6, 6.07) is 1.28. The highest BCUT2D eigenvalue weighted by molar-refractivity contribution is 8.40. The van der Waals surface area contributed by atoms with Gasteiger partial charge in [-0.05, 0) is 68.2 Å². The minimum absolute atomic E-state index is 0.322. The molecule has 0 fully saturated rings. The highest BCUT2D eigenvalue weighted by Crippen LogP contribution is 2.62. The van der Waals surface area contributed by atoms with Crippen LogP contribution in [-0.4, -0.2) is 107 Å². The van der Waals surface area contributed by atoms with Crippen LogP contribution in [0.2, 0.25) is 12.1 Å². The molecule has 0 spiro atoms. The van der Waals surface area contributed by atoms with E-state index < -0.39 is 29.8 Å². The Labute approximate surface area is 339 Å². The topological polar surface area (TPSA) is 132 Å². The van der Waals surface area contributed by atoms with E-state index in [1.165, 1.54) is 26.8 Å². The number of nitrogens with one attached hydrogen (secondary N) is 2. The summed E-state index contributed by atoms with van der Waals surface area (Å²) in [5, 5.41) is 5.65. The van der Waals surface area contributed by atoms with Crippen LogP contribution in [0.1, 0.15) is 68.2 Å². The number of allylic oxidation sites excluding steroid dienone is 2. The lowest BCUT2D eigenvalue weighted by molar-refractivity contribution is 0.0699. The molecule has 0 saturated heterocycles. The Morgan fingerprint density at radius 3 is 1.19 bits per heavy atom. The van der Waals surface area contributed by atoms with Crippen molar-refractivity contribution in [2.75, 3.05) is 77.5 Å². The summed E-state index contributed by atoms with van der Waals surface area (Å²) in [7, 11) is -5.42. The van der Waals surface area contributed by atoms with Crippen LogP contribution in [0.5, 0.6) is 0 Å². The number of carbonyl (C=O) groups is 2. The lowest BCUT2D eigenvalue weighted by Crippen LogP contribution is -2.46. The van der Waals surface area contributed by atoms with Gasteiger partial charge in [0.25, 0.3) is 0 Å². The monoisotopic (exact) mass is 878 g/mol. The van der Waals surface area contributed by atoms with E-state index in [0.717, 1.165) is 0 Å². The van der Waals surface area contributed by atoms with Gasteiger partial charge in [0.05, 0.1) is 16.9 Å². The number of carbonyl (C=O) groups excluding carboxylic acids is 2. The maximum Gasteiger partial charge on any atom is 0.500 e. The highest BCUT2D eigenvalue weighted by Gasteiger charge is 2.40. The smallest absolute Gasteiger partial charge is 0.449 e. The van der Waals surface area contributed by atoms with Gasteiger partial charge in [-0.25, -0.2) is 9.59 Å². The van der Waals surface area contributed by atoms with Crippen molar-refractivity contribution in [3.05, 3.63) is 26.8 Å². The molecule has 2 aliphatic heterocycles. The lowest BCUT2D eigenvalue weighted by atomic mass is 10.5. The second-order valence-electron chi connectivity index (χ2n) is 10.7. The molecule has 0 aromatic rings. The number of rotatable bonds is 28. The molecule has 2 aliphatic rings. The van der Waals surface area contributed by atoms with Crippen molar-refractivity contribution in [2.24, 2.45) is 0 Å². The van der Waals surface area contributed by atoms with E-state index in [2.05, 4.69) is 24.5 Å². The Morgan fingerprint density at radius 2 is 0.885 bits per heavy atom. The minimum Gasteiger partial charge on any atom is -0.449 e. The van der Waals surface area contributed by atoms with Gasteiger partial charge in [0.2, 0.25) is 0 Å². The van der Waals surface area contributed by atoms with E-state index in [1.54, 1.807) is 70.6 Å². The quantitative estimate of drug-likeness (QED) is 0.0571. The molecular formula is C32H58N2O10S6Si2. The average molecular weight is 879 g/mol. The number of alkyl carbamates (subject to hydrolysis) is 2. The summed E-state index contributed by atoms with van der Waals surface area (Å²) >= 11 is 10.6. The van der Waals surface area contributed by atoms with Crippen molar-refractivity contribution >= 4 is 100 Å². The molecule has 0 aliphatic carbocycles. The first-order chi connectivity index (χ1) is 25.1. The van der Waals surface area contributed by atoms with E-state index in [1.807, 2.05) is 41.5 Å². The van der Waals surface area contributed by atoms with Crippen LogP contribution in [0.15, 0.2) is 26.8 Å². The summed E-state index contributed by atoms with van der Waals surface area (Å²) in [5.41, 5.74) is 0. The fourth-order valence-corrected chi connectivity index (χ4v) is 18.3. The Kier molecular flexibility index (Phi) is 25.6. The largest absolute Gasteiger partial charge is 0.500 e. The SMILES string of the molecule is CCO[Si](CCCNC(=O)OCCSC1=C(C)S/C(=C2/SC(C)=C(SCCOC(=O)NCCC[Si](OCC)(OCC)OCC)S2)S1)(OCC)OCC. The van der Waals surface area contributed by atoms with E-state index in [9.17, 15) is 9.59 Å². The van der Waals surface area contributed by atoms with Gasteiger partial charge in [-0.3, -0.25) is 0 Å². The summed E-state index contributed by atoms with van der Waals surface area (Å²) in [6.45, 7) is 20.6. The molecule has 52 heavy (non-hydrogen) atoms. The summed E-state index contributed by atoms with van der Waals surface area (Å²) in [5.74, 6) is 1.35. The van der Waals surface area contributed by atoms with Crippen molar-refractivity contribution in [3.63, 3.8) is 0 Å². The van der Waals surface area contributed by atoms with Crippen molar-refractivity contribution in [1.82, 2.24) is 10.6 Å². The lowest BCUT2D eigenvalue weighted by Gasteiger charge is -2.28. The van der Waals surface area contributed by atoms with Gasteiger partial charge in [-0.15, -0.1) is 23.5 Å². The second-order valence-corrected chi connectivity index (χ2v) is 23.9. The van der Waals surface area contributed by atoms with Gasteiger partial charge in [0, 0.05) is 86.1 Å². The number of hydrogen-bond donors (Lipinski definition) is 2. The van der Waals surface area contributed by atoms with Crippen LogP contribution in [0.25, 0.3) is 0 Å². The zero-order valence-electron chi connectivity index (χ0n) is 31.8. The van der Waals surface area contributed by atoms with Crippen molar-refractivity contribution in [3.8, 4) is 0 Å². The average Bonchev–Trinajstić information content (AvgIpc) is 3.67. The zero-order valence-corrected chi connectivity index (χ0v) is 38.7. The molecule has 2 heterocycles.